The van der Waals surface area contributed by atoms with Gasteiger partial charge >= 0.3 is 0 Å². The number of hydrogen-bond acceptors (Lipinski definition) is 3. The van der Waals surface area contributed by atoms with E-state index in [0.29, 0.717) is 18.2 Å². The molecular formula is C14H23N3O. The number of rotatable bonds is 7. The summed E-state index contributed by atoms with van der Waals surface area (Å²) in [6, 6.07) is 3.76. The Bertz CT molecular complexity index is 360. The van der Waals surface area contributed by atoms with Crippen LogP contribution in [-0.4, -0.2) is 17.4 Å². The number of pyridine rings is 1. The number of nitrogens with one attached hydrogen (secondary N) is 2. The highest BCUT2D eigenvalue weighted by molar-refractivity contribution is 5.89. The molecule has 1 aromatic heterocycles. The van der Waals surface area contributed by atoms with Crippen molar-refractivity contribution in [1.29, 1.82) is 0 Å². The van der Waals surface area contributed by atoms with Gasteiger partial charge in [-0.05, 0) is 24.5 Å². The molecule has 18 heavy (non-hydrogen) atoms. The smallest absolute Gasteiger partial charge is 0.225 e. The Morgan fingerprint density at radius 2 is 2.17 bits per heavy atom. The normalized spacial score (nSPS) is 10.4. The molecule has 0 bridgehead atoms. The van der Waals surface area contributed by atoms with E-state index < -0.39 is 0 Å². The lowest BCUT2D eigenvalue weighted by atomic mass is 10.2. The summed E-state index contributed by atoms with van der Waals surface area (Å²) in [5.74, 6) is 1.25. The third-order valence-corrected chi connectivity index (χ3v) is 2.50. The van der Waals surface area contributed by atoms with Crippen molar-refractivity contribution in [2.75, 3.05) is 17.2 Å². The summed E-state index contributed by atoms with van der Waals surface area (Å²) in [7, 11) is 0. The summed E-state index contributed by atoms with van der Waals surface area (Å²) in [6.07, 6.45) is 4.25. The molecule has 1 rings (SSSR count). The van der Waals surface area contributed by atoms with Crippen molar-refractivity contribution >= 4 is 17.4 Å². The van der Waals surface area contributed by atoms with Gasteiger partial charge in [0.25, 0.3) is 0 Å². The van der Waals surface area contributed by atoms with Crippen LogP contribution in [0.4, 0.5) is 11.5 Å². The van der Waals surface area contributed by atoms with E-state index in [2.05, 4.69) is 36.4 Å². The van der Waals surface area contributed by atoms with Crippen LogP contribution in [0.5, 0.6) is 0 Å². The molecule has 1 heterocycles. The van der Waals surface area contributed by atoms with Crippen LogP contribution >= 0.6 is 0 Å². The van der Waals surface area contributed by atoms with Crippen LogP contribution in [-0.2, 0) is 4.79 Å². The van der Waals surface area contributed by atoms with Crippen molar-refractivity contribution in [2.24, 2.45) is 5.92 Å². The van der Waals surface area contributed by atoms with Gasteiger partial charge < -0.3 is 10.6 Å². The minimum atomic E-state index is 0.0345. The summed E-state index contributed by atoms with van der Waals surface area (Å²) >= 11 is 0. The largest absolute Gasteiger partial charge is 0.384 e. The Kier molecular flexibility index (Phi) is 6.19. The van der Waals surface area contributed by atoms with Gasteiger partial charge in [-0.2, -0.15) is 0 Å². The number of hydrogen-bond donors (Lipinski definition) is 2. The molecule has 0 aliphatic carbocycles. The third-order valence-electron chi connectivity index (χ3n) is 2.50. The fourth-order valence-corrected chi connectivity index (χ4v) is 1.44. The van der Waals surface area contributed by atoms with Crippen molar-refractivity contribution in [3.8, 4) is 0 Å². The molecule has 1 aromatic rings. The lowest BCUT2D eigenvalue weighted by molar-refractivity contribution is -0.116. The second-order valence-corrected chi connectivity index (χ2v) is 4.86. The molecule has 4 heteroatoms. The lowest BCUT2D eigenvalue weighted by Gasteiger charge is -2.09. The van der Waals surface area contributed by atoms with Crippen LogP contribution in [0.25, 0.3) is 0 Å². The van der Waals surface area contributed by atoms with E-state index in [1.165, 1.54) is 0 Å². The molecular weight excluding hydrogens is 226 g/mol. The minimum absolute atomic E-state index is 0.0345. The van der Waals surface area contributed by atoms with Gasteiger partial charge in [-0.15, -0.1) is 0 Å². The molecule has 0 unspecified atom stereocenters. The Hall–Kier alpha value is -1.58. The van der Waals surface area contributed by atoms with Crippen molar-refractivity contribution in [3.63, 3.8) is 0 Å². The third kappa shape index (κ3) is 5.66. The summed E-state index contributed by atoms with van der Waals surface area (Å²) < 4.78 is 0. The van der Waals surface area contributed by atoms with Gasteiger partial charge in [0, 0.05) is 13.0 Å². The van der Waals surface area contributed by atoms with Crippen molar-refractivity contribution in [3.05, 3.63) is 18.3 Å². The van der Waals surface area contributed by atoms with Crippen LogP contribution in [0.15, 0.2) is 18.3 Å². The molecule has 0 aliphatic rings. The maximum atomic E-state index is 11.5. The Morgan fingerprint density at radius 3 is 2.72 bits per heavy atom. The number of unbranched alkanes of at least 4 members (excludes halogenated alkanes) is 1. The first-order valence-corrected chi connectivity index (χ1v) is 6.61. The summed E-state index contributed by atoms with van der Waals surface area (Å²) in [5.41, 5.74) is 0.982. The second-order valence-electron chi connectivity index (χ2n) is 4.86. The first-order chi connectivity index (χ1) is 8.61. The average molecular weight is 249 g/mol. The highest BCUT2D eigenvalue weighted by Crippen LogP contribution is 2.10. The lowest BCUT2D eigenvalue weighted by Crippen LogP contribution is -2.12. The SMILES string of the molecule is CCCCC(=O)Nc1ccc(NCC(C)C)cn1. The van der Waals surface area contributed by atoms with E-state index in [0.717, 1.165) is 25.1 Å². The van der Waals surface area contributed by atoms with Gasteiger partial charge in [-0.1, -0.05) is 27.2 Å². The fraction of sp³-hybridized carbons (Fsp3) is 0.571. The molecule has 0 atom stereocenters. The standard InChI is InChI=1S/C14H23N3O/c1-4-5-6-14(18)17-13-8-7-12(10-16-13)15-9-11(2)3/h7-8,10-11,15H,4-6,9H2,1-3H3,(H,16,17,18). The van der Waals surface area contributed by atoms with E-state index in [1.807, 2.05) is 12.1 Å². The van der Waals surface area contributed by atoms with Gasteiger partial charge in [0.05, 0.1) is 11.9 Å². The van der Waals surface area contributed by atoms with E-state index in [-0.39, 0.29) is 5.91 Å². The summed E-state index contributed by atoms with van der Waals surface area (Å²) in [4.78, 5) is 15.7. The van der Waals surface area contributed by atoms with Crippen molar-refractivity contribution < 1.29 is 4.79 Å². The molecule has 0 aromatic carbocycles. The second kappa shape index (κ2) is 7.69. The molecule has 0 fully saturated rings. The average Bonchev–Trinajstić information content (AvgIpc) is 2.35. The number of nitrogens with zero attached hydrogens (tertiary/aromatic N) is 1. The first kappa shape index (κ1) is 14.5. The van der Waals surface area contributed by atoms with Gasteiger partial charge in [-0.25, -0.2) is 4.98 Å². The molecule has 100 valence electrons. The molecule has 0 aliphatic heterocycles. The van der Waals surface area contributed by atoms with E-state index in [4.69, 9.17) is 0 Å². The van der Waals surface area contributed by atoms with Crippen LogP contribution in [0.3, 0.4) is 0 Å². The number of carbonyl (C=O) groups is 1. The van der Waals surface area contributed by atoms with E-state index in [9.17, 15) is 4.79 Å². The maximum Gasteiger partial charge on any atom is 0.225 e. The van der Waals surface area contributed by atoms with Crippen LogP contribution in [0, 0.1) is 5.92 Å². The van der Waals surface area contributed by atoms with Crippen molar-refractivity contribution in [2.45, 2.75) is 40.0 Å². The van der Waals surface area contributed by atoms with Gasteiger partial charge in [0.1, 0.15) is 5.82 Å². The molecule has 4 nitrogen and oxygen atoms in total. The maximum absolute atomic E-state index is 11.5. The number of anilines is 2. The Balaban J connectivity index is 2.42. The predicted octanol–water partition coefficient (Wildman–Crippen LogP) is 3.28. The quantitative estimate of drug-likeness (QED) is 0.779. The van der Waals surface area contributed by atoms with Gasteiger partial charge in [-0.3, -0.25) is 4.79 Å². The highest BCUT2D eigenvalue weighted by atomic mass is 16.1. The minimum Gasteiger partial charge on any atom is -0.384 e. The van der Waals surface area contributed by atoms with Gasteiger partial charge in [0.15, 0.2) is 0 Å². The van der Waals surface area contributed by atoms with Crippen LogP contribution in [0.2, 0.25) is 0 Å². The molecule has 0 saturated heterocycles. The summed E-state index contributed by atoms with van der Waals surface area (Å²) in [5, 5.41) is 6.07. The van der Waals surface area contributed by atoms with Crippen LogP contribution in [0.1, 0.15) is 40.0 Å². The molecule has 0 spiro atoms. The number of amides is 1. The Labute approximate surface area is 109 Å². The number of carbonyl (C=O) groups excluding carboxylic acids is 1. The van der Waals surface area contributed by atoms with E-state index >= 15 is 0 Å². The highest BCUT2D eigenvalue weighted by Gasteiger charge is 2.02. The molecule has 0 radical (unpaired) electrons. The Morgan fingerprint density at radius 1 is 1.39 bits per heavy atom. The monoisotopic (exact) mass is 249 g/mol. The molecule has 1 amide bonds. The number of aromatic nitrogens is 1. The predicted molar refractivity (Wildman–Crippen MR) is 75.7 cm³/mol. The van der Waals surface area contributed by atoms with Crippen molar-refractivity contribution in [1.82, 2.24) is 4.98 Å². The zero-order valence-electron chi connectivity index (χ0n) is 11.5. The zero-order valence-corrected chi connectivity index (χ0v) is 11.5. The molecule has 0 saturated carbocycles. The topological polar surface area (TPSA) is 54.0 Å². The van der Waals surface area contributed by atoms with E-state index in [1.54, 1.807) is 6.20 Å². The molecule has 2 N–H and O–H groups in total. The first-order valence-electron chi connectivity index (χ1n) is 6.61. The van der Waals surface area contributed by atoms with Crippen LogP contribution < -0.4 is 10.6 Å². The summed E-state index contributed by atoms with van der Waals surface area (Å²) in [6.45, 7) is 7.30. The zero-order chi connectivity index (χ0) is 13.4. The fourth-order valence-electron chi connectivity index (χ4n) is 1.44. The van der Waals surface area contributed by atoms with Gasteiger partial charge in [0.2, 0.25) is 5.91 Å².